The van der Waals surface area contributed by atoms with Crippen LogP contribution in [0, 0.1) is 5.82 Å². The largest absolute Gasteiger partial charge is 0.345 e. The Morgan fingerprint density at radius 3 is 2.41 bits per heavy atom. The molecule has 1 amide bonds. The average molecular weight is 475 g/mol. The highest BCUT2D eigenvalue weighted by Gasteiger charge is 2.35. The van der Waals surface area contributed by atoms with Crippen LogP contribution >= 0.6 is 11.3 Å². The van der Waals surface area contributed by atoms with E-state index in [1.54, 1.807) is 30.1 Å². The summed E-state index contributed by atoms with van der Waals surface area (Å²) in [6.45, 7) is 2.24. The molecule has 1 aliphatic carbocycles. The molecule has 0 N–H and O–H groups in total. The third-order valence-corrected chi connectivity index (χ3v) is 9.04. The molecular weight excluding hydrogens is 451 g/mol. The normalized spacial score (nSPS) is 17.3. The van der Waals surface area contributed by atoms with E-state index < -0.39 is 10.0 Å². The van der Waals surface area contributed by atoms with Crippen LogP contribution in [0.15, 0.2) is 47.4 Å². The van der Waals surface area contributed by atoms with Crippen molar-refractivity contribution in [1.82, 2.24) is 14.2 Å². The molecule has 0 spiro atoms. The Bertz CT molecular complexity index is 1260. The first-order valence-electron chi connectivity index (χ1n) is 10.5. The minimum atomic E-state index is -3.53. The Labute approximate surface area is 190 Å². The van der Waals surface area contributed by atoms with Gasteiger partial charge in [-0.25, -0.2) is 17.8 Å². The van der Waals surface area contributed by atoms with Gasteiger partial charge in [-0.15, -0.1) is 0 Å². The molecule has 0 unspecified atom stereocenters. The maximum atomic E-state index is 13.9. The van der Waals surface area contributed by atoms with Crippen LogP contribution < -0.4 is 4.90 Å². The number of nitrogens with zero attached hydrogens (tertiary/aromatic N) is 4. The number of carbonyl (C=O) groups is 1. The Hall–Kier alpha value is -2.56. The number of carbonyl (C=O) groups excluding carboxylic acids is 1. The van der Waals surface area contributed by atoms with Gasteiger partial charge >= 0.3 is 0 Å². The summed E-state index contributed by atoms with van der Waals surface area (Å²) < 4.78 is 41.5. The van der Waals surface area contributed by atoms with Gasteiger partial charge in [0.05, 0.1) is 9.60 Å². The van der Waals surface area contributed by atoms with Gasteiger partial charge in [-0.2, -0.15) is 4.31 Å². The van der Waals surface area contributed by atoms with Crippen molar-refractivity contribution in [1.29, 1.82) is 0 Å². The summed E-state index contributed by atoms with van der Waals surface area (Å²) in [7, 11) is -1.92. The van der Waals surface area contributed by atoms with Crippen LogP contribution in [-0.4, -0.2) is 67.8 Å². The van der Waals surface area contributed by atoms with E-state index in [4.69, 9.17) is 0 Å². The molecule has 1 saturated heterocycles. The number of benzene rings is 2. The van der Waals surface area contributed by atoms with Gasteiger partial charge in [0.2, 0.25) is 10.0 Å². The quantitative estimate of drug-likeness (QED) is 0.568. The number of hydrogen-bond acceptors (Lipinski definition) is 6. The summed E-state index contributed by atoms with van der Waals surface area (Å²) in [6.07, 6.45) is 1.79. The first-order chi connectivity index (χ1) is 15.3. The van der Waals surface area contributed by atoms with E-state index >= 15 is 0 Å². The summed E-state index contributed by atoms with van der Waals surface area (Å²) in [6, 6.07) is 11.2. The number of sulfonamides is 1. The summed E-state index contributed by atoms with van der Waals surface area (Å²) >= 11 is 1.45. The lowest BCUT2D eigenvalue weighted by Crippen LogP contribution is -2.48. The van der Waals surface area contributed by atoms with Crippen molar-refractivity contribution in [2.75, 3.05) is 38.1 Å². The highest BCUT2D eigenvalue weighted by Crippen LogP contribution is 2.32. The van der Waals surface area contributed by atoms with Crippen LogP contribution in [0.4, 0.5) is 9.52 Å². The average Bonchev–Trinajstić information content (AvgIpc) is 3.56. The van der Waals surface area contributed by atoms with Crippen LogP contribution in [0.2, 0.25) is 0 Å². The second-order valence-corrected chi connectivity index (χ2v) is 11.1. The number of thiazole rings is 1. The Balaban J connectivity index is 1.24. The smallest absolute Gasteiger partial charge is 0.253 e. The predicted octanol–water partition coefficient (Wildman–Crippen LogP) is 3.18. The van der Waals surface area contributed by atoms with Gasteiger partial charge < -0.3 is 9.80 Å². The van der Waals surface area contributed by atoms with Crippen LogP contribution in [-0.2, 0) is 10.0 Å². The Morgan fingerprint density at radius 1 is 1.09 bits per heavy atom. The van der Waals surface area contributed by atoms with Crippen molar-refractivity contribution in [2.45, 2.75) is 23.8 Å². The lowest BCUT2D eigenvalue weighted by molar-refractivity contribution is 0.0746. The van der Waals surface area contributed by atoms with Gasteiger partial charge in [0, 0.05) is 44.8 Å². The molecule has 32 heavy (non-hydrogen) atoms. The lowest BCUT2D eigenvalue weighted by atomic mass is 10.2. The minimum Gasteiger partial charge on any atom is -0.345 e. The molecule has 0 radical (unpaired) electrons. The van der Waals surface area contributed by atoms with Gasteiger partial charge in [-0.3, -0.25) is 4.79 Å². The number of anilines is 1. The molecule has 1 aliphatic heterocycles. The van der Waals surface area contributed by atoms with Crippen LogP contribution in [0.3, 0.4) is 0 Å². The Morgan fingerprint density at radius 2 is 1.78 bits per heavy atom. The van der Waals surface area contributed by atoms with Crippen LogP contribution in [0.1, 0.15) is 23.2 Å². The zero-order valence-electron chi connectivity index (χ0n) is 17.6. The summed E-state index contributed by atoms with van der Waals surface area (Å²) in [5.74, 6) is -0.452. The van der Waals surface area contributed by atoms with E-state index in [2.05, 4.69) is 9.88 Å². The first-order valence-corrected chi connectivity index (χ1v) is 12.8. The molecule has 2 heterocycles. The molecule has 10 heteroatoms. The Kier molecular flexibility index (Phi) is 5.39. The number of rotatable bonds is 5. The molecule has 5 rings (SSSR count). The highest BCUT2D eigenvalue weighted by molar-refractivity contribution is 7.89. The van der Waals surface area contributed by atoms with Crippen molar-refractivity contribution >= 4 is 42.6 Å². The number of halogens is 1. The molecule has 1 aromatic heterocycles. The number of para-hydroxylation sites is 1. The number of aromatic nitrogens is 1. The molecule has 7 nitrogen and oxygen atoms in total. The van der Waals surface area contributed by atoms with E-state index in [0.717, 1.165) is 22.7 Å². The van der Waals surface area contributed by atoms with Crippen LogP contribution in [0.25, 0.3) is 10.2 Å². The van der Waals surface area contributed by atoms with Gasteiger partial charge in [0.15, 0.2) is 5.13 Å². The van der Waals surface area contributed by atoms with Gasteiger partial charge in [-0.05, 0) is 49.2 Å². The second kappa shape index (κ2) is 8.09. The van der Waals surface area contributed by atoms with Crippen LogP contribution in [0.5, 0.6) is 0 Å². The van der Waals surface area contributed by atoms with E-state index in [1.165, 1.54) is 33.8 Å². The summed E-state index contributed by atoms with van der Waals surface area (Å²) in [5.41, 5.74) is 0.849. The lowest BCUT2D eigenvalue weighted by Gasteiger charge is -2.34. The molecule has 2 aromatic carbocycles. The van der Waals surface area contributed by atoms with Gasteiger partial charge in [-0.1, -0.05) is 17.4 Å². The maximum Gasteiger partial charge on any atom is 0.253 e. The molecule has 2 fully saturated rings. The standard InChI is InChI=1S/C22H23FN4O3S2/c1-25(16-7-8-16)32(29,30)17-9-5-15(6-10-17)21(28)26-11-13-27(14-12-26)22-24-20-18(23)3-2-4-19(20)31-22/h2-6,9-10,16H,7-8,11-14H2,1H3. The third kappa shape index (κ3) is 3.87. The molecule has 3 aromatic rings. The zero-order valence-corrected chi connectivity index (χ0v) is 19.2. The molecule has 1 saturated carbocycles. The minimum absolute atomic E-state index is 0.0875. The molecule has 0 atom stereocenters. The second-order valence-electron chi connectivity index (χ2n) is 8.14. The number of fused-ring (bicyclic) bond motifs is 1. The first kappa shape index (κ1) is 21.3. The molecule has 2 aliphatic rings. The van der Waals surface area contributed by atoms with Crippen molar-refractivity contribution in [3.8, 4) is 0 Å². The van der Waals surface area contributed by atoms with Crippen molar-refractivity contribution in [3.63, 3.8) is 0 Å². The van der Waals surface area contributed by atoms with E-state index in [-0.39, 0.29) is 22.7 Å². The number of hydrogen-bond donors (Lipinski definition) is 0. The number of amides is 1. The van der Waals surface area contributed by atoms with Crippen molar-refractivity contribution in [2.24, 2.45) is 0 Å². The summed E-state index contributed by atoms with van der Waals surface area (Å²) in [4.78, 5) is 21.4. The third-order valence-electron chi connectivity index (χ3n) is 6.04. The number of piperazine rings is 1. The van der Waals surface area contributed by atoms with Gasteiger partial charge in [0.1, 0.15) is 11.3 Å². The predicted molar refractivity (Wildman–Crippen MR) is 122 cm³/mol. The van der Waals surface area contributed by atoms with Crippen molar-refractivity contribution in [3.05, 3.63) is 53.8 Å². The fourth-order valence-corrected chi connectivity index (χ4v) is 6.34. The fourth-order valence-electron chi connectivity index (χ4n) is 3.89. The maximum absolute atomic E-state index is 13.9. The fraction of sp³-hybridized carbons (Fsp3) is 0.364. The monoisotopic (exact) mass is 474 g/mol. The SMILES string of the molecule is CN(C1CC1)S(=O)(=O)c1ccc(C(=O)N2CCN(c3nc4c(F)cccc4s3)CC2)cc1. The summed E-state index contributed by atoms with van der Waals surface area (Å²) in [5, 5.41) is 0.756. The van der Waals surface area contributed by atoms with E-state index in [9.17, 15) is 17.6 Å². The van der Waals surface area contributed by atoms with Crippen molar-refractivity contribution < 1.29 is 17.6 Å². The van der Waals surface area contributed by atoms with E-state index in [1.807, 2.05) is 6.07 Å². The molecule has 168 valence electrons. The topological polar surface area (TPSA) is 73.8 Å². The molecular formula is C22H23FN4O3S2. The van der Waals surface area contributed by atoms with Gasteiger partial charge in [0.25, 0.3) is 5.91 Å². The highest BCUT2D eigenvalue weighted by atomic mass is 32.2. The molecule has 0 bridgehead atoms. The zero-order chi connectivity index (χ0) is 22.5. The van der Waals surface area contributed by atoms with E-state index in [0.29, 0.717) is 37.3 Å².